The number of hydrogen-bond acceptors (Lipinski definition) is 4. The van der Waals surface area contributed by atoms with E-state index < -0.39 is 0 Å². The van der Waals surface area contributed by atoms with E-state index in [1.54, 1.807) is 26.6 Å². The van der Waals surface area contributed by atoms with Gasteiger partial charge in [0.15, 0.2) is 0 Å². The molecule has 41 heavy (non-hydrogen) atoms. The molecule has 0 fully saturated rings. The molecule has 0 aliphatic carbocycles. The summed E-state index contributed by atoms with van der Waals surface area (Å²) in [5, 5.41) is 0. The van der Waals surface area contributed by atoms with Gasteiger partial charge in [-0.1, -0.05) is 0 Å². The van der Waals surface area contributed by atoms with Gasteiger partial charge < -0.3 is 0 Å². The molecule has 0 aliphatic rings. The van der Waals surface area contributed by atoms with E-state index in [0.717, 1.165) is 51.9 Å². The molecule has 0 spiro atoms. The standard InChI is InChI=1S/2C16H13BrNOSe.Ni/c2*1-19-15-5-3-2-4-14(15)18-11-10-16(20)12-6-8-13(17)9-7-12;/h2*2-11H,1H3;. The Bertz CT molecular complexity index is 1390. The van der Waals surface area contributed by atoms with Gasteiger partial charge in [0.25, 0.3) is 0 Å². The summed E-state index contributed by atoms with van der Waals surface area (Å²) in [5.74, 6) is 1.53. The fraction of sp³-hybridized carbons (Fsp3) is 0.0625. The molecule has 0 aromatic heterocycles. The number of rotatable bonds is 8. The van der Waals surface area contributed by atoms with Gasteiger partial charge in [0, 0.05) is 16.5 Å². The normalized spacial score (nSPS) is 11.5. The Hall–Kier alpha value is -2.21. The molecule has 4 rings (SSSR count). The third-order valence-corrected chi connectivity index (χ3v) is 7.92. The predicted molar refractivity (Wildman–Crippen MR) is 178 cm³/mol. The Morgan fingerprint density at radius 2 is 0.927 bits per heavy atom. The molecule has 0 unspecified atom stereocenters. The van der Waals surface area contributed by atoms with E-state index in [0.29, 0.717) is 0 Å². The van der Waals surface area contributed by atoms with Crippen LogP contribution in [0.3, 0.4) is 0 Å². The van der Waals surface area contributed by atoms with Crippen LogP contribution in [-0.4, -0.2) is 58.7 Å². The predicted octanol–water partition coefficient (Wildman–Crippen LogP) is 8.74. The first kappa shape index (κ1) is 35.0. The number of aliphatic imine (C=N–C) groups is 2. The third kappa shape index (κ3) is 11.9. The molecule has 4 nitrogen and oxygen atoms in total. The van der Waals surface area contributed by atoms with Crippen molar-refractivity contribution in [3.8, 4) is 11.5 Å². The molecule has 0 atom stereocenters. The van der Waals surface area contributed by atoms with E-state index in [1.165, 1.54) is 0 Å². The molecule has 0 saturated heterocycles. The van der Waals surface area contributed by atoms with Gasteiger partial charge in [0.05, 0.1) is 0 Å². The number of methoxy groups -OCH3 is 2. The van der Waals surface area contributed by atoms with Gasteiger partial charge >= 0.3 is 271 Å². The summed E-state index contributed by atoms with van der Waals surface area (Å²) in [6, 6.07) is 31.6. The number of hydrogen-bond donors (Lipinski definition) is 0. The van der Waals surface area contributed by atoms with Crippen molar-refractivity contribution in [1.82, 2.24) is 0 Å². The first-order valence-corrected chi connectivity index (χ1v) is 15.3. The number of allylic oxidation sites excluding steroid dienone is 2. The van der Waals surface area contributed by atoms with Crippen LogP contribution in [0.1, 0.15) is 11.1 Å². The molecule has 0 saturated carbocycles. The van der Waals surface area contributed by atoms with Crippen molar-refractivity contribution in [2.45, 2.75) is 0 Å². The molecule has 0 aliphatic heterocycles. The quantitative estimate of drug-likeness (QED) is 0.132. The van der Waals surface area contributed by atoms with E-state index in [1.807, 2.05) is 109 Å². The summed E-state index contributed by atoms with van der Waals surface area (Å²) < 4.78 is 14.7. The first-order valence-electron chi connectivity index (χ1n) is 12.0. The first-order chi connectivity index (χ1) is 19.4. The zero-order valence-electron chi connectivity index (χ0n) is 22.1. The molecular formula is C32H26Br2N2NiO2Se2. The Kier molecular flexibility index (Phi) is 16.3. The maximum Gasteiger partial charge on any atom is 0 e. The van der Waals surface area contributed by atoms with Crippen molar-refractivity contribution in [2.24, 2.45) is 9.98 Å². The second-order valence-corrected chi connectivity index (χ2v) is 11.7. The maximum atomic E-state index is 5.25. The number of benzene rings is 4. The van der Waals surface area contributed by atoms with Gasteiger partial charge in [-0.05, 0) is 0 Å². The van der Waals surface area contributed by atoms with Gasteiger partial charge in [-0.25, -0.2) is 0 Å². The van der Waals surface area contributed by atoms with Crippen LogP contribution < -0.4 is 9.47 Å². The average molecular weight is 847 g/mol. The van der Waals surface area contributed by atoms with E-state index in [9.17, 15) is 0 Å². The Balaban J connectivity index is 0.000000280. The van der Waals surface area contributed by atoms with Crippen LogP contribution in [0, 0.1) is 0 Å². The maximum absolute atomic E-state index is 5.25. The van der Waals surface area contributed by atoms with E-state index in [2.05, 4.69) is 73.9 Å². The minimum Gasteiger partial charge on any atom is 0 e. The average Bonchev–Trinajstić information content (AvgIpc) is 2.98. The number of para-hydroxylation sites is 4. The molecule has 0 N–H and O–H groups in total. The van der Waals surface area contributed by atoms with Crippen LogP contribution in [-0.2, 0) is 16.5 Å². The Morgan fingerprint density at radius 1 is 0.585 bits per heavy atom. The van der Waals surface area contributed by atoms with Crippen molar-refractivity contribution < 1.29 is 26.0 Å². The number of halogens is 2. The SMILES string of the molecule is COc1ccccc1N=CC=C([Se])c1ccc(Br)cc1.COc1ccccc1N=CC=C([Se])c1ccc(Br)cc1.[Ni]. The molecule has 4 aromatic carbocycles. The minimum absolute atomic E-state index is 0. The molecule has 0 amide bonds. The smallest absolute Gasteiger partial charge is 0 e. The number of ether oxygens (including phenoxy) is 2. The van der Waals surface area contributed by atoms with Crippen LogP contribution in [0.2, 0.25) is 0 Å². The van der Waals surface area contributed by atoms with Gasteiger partial charge in [0.1, 0.15) is 0 Å². The second kappa shape index (κ2) is 19.1. The van der Waals surface area contributed by atoms with E-state index >= 15 is 0 Å². The van der Waals surface area contributed by atoms with Gasteiger partial charge in [-0.2, -0.15) is 0 Å². The van der Waals surface area contributed by atoms with Crippen LogP contribution in [0.25, 0.3) is 8.94 Å². The third-order valence-electron chi connectivity index (χ3n) is 5.31. The Labute approximate surface area is 285 Å². The molecule has 4 aromatic rings. The van der Waals surface area contributed by atoms with Crippen molar-refractivity contribution in [2.75, 3.05) is 14.2 Å². The summed E-state index contributed by atoms with van der Waals surface area (Å²) in [7, 11) is 3.29. The fourth-order valence-corrected chi connectivity index (χ4v) is 4.62. The van der Waals surface area contributed by atoms with E-state index in [4.69, 9.17) is 9.47 Å². The van der Waals surface area contributed by atoms with Crippen molar-refractivity contribution >= 4 is 96.6 Å². The van der Waals surface area contributed by atoms with Crippen molar-refractivity contribution in [3.63, 3.8) is 0 Å². The van der Waals surface area contributed by atoms with E-state index in [-0.39, 0.29) is 16.5 Å². The van der Waals surface area contributed by atoms with Crippen LogP contribution in [0.4, 0.5) is 11.4 Å². The summed E-state index contributed by atoms with van der Waals surface area (Å²) >= 11 is 12.9. The van der Waals surface area contributed by atoms with Crippen molar-refractivity contribution in [3.05, 3.63) is 129 Å². The topological polar surface area (TPSA) is 43.2 Å². The molecule has 2 radical (unpaired) electrons. The summed E-state index contributed by atoms with van der Waals surface area (Å²) in [6.07, 6.45) is 7.42. The summed E-state index contributed by atoms with van der Waals surface area (Å²) in [6.45, 7) is 0. The van der Waals surface area contributed by atoms with Crippen LogP contribution in [0.15, 0.2) is 128 Å². The molecule has 9 heteroatoms. The largest absolute Gasteiger partial charge is 0 e. The Morgan fingerprint density at radius 3 is 1.27 bits per heavy atom. The van der Waals surface area contributed by atoms with Gasteiger partial charge in [0.2, 0.25) is 0 Å². The molecule has 0 heterocycles. The summed E-state index contributed by atoms with van der Waals surface area (Å²) in [4.78, 5) is 8.81. The van der Waals surface area contributed by atoms with Crippen LogP contribution in [0.5, 0.6) is 11.5 Å². The van der Waals surface area contributed by atoms with Gasteiger partial charge in [-0.15, -0.1) is 0 Å². The number of nitrogens with zero attached hydrogens (tertiary/aromatic N) is 2. The van der Waals surface area contributed by atoms with Gasteiger partial charge in [-0.3, -0.25) is 0 Å². The van der Waals surface area contributed by atoms with Crippen molar-refractivity contribution in [1.29, 1.82) is 0 Å². The second-order valence-electron chi connectivity index (χ2n) is 7.98. The molecular weight excluding hydrogens is 821 g/mol. The monoisotopic (exact) mass is 846 g/mol. The molecule has 212 valence electrons. The van der Waals surface area contributed by atoms with Crippen LogP contribution >= 0.6 is 31.9 Å². The fourth-order valence-electron chi connectivity index (χ4n) is 3.26. The zero-order valence-corrected chi connectivity index (χ0v) is 29.7. The summed E-state index contributed by atoms with van der Waals surface area (Å²) in [5.41, 5.74) is 3.88. The molecule has 0 bridgehead atoms. The zero-order chi connectivity index (χ0) is 28.7. The minimum atomic E-state index is 0.